The normalized spacial score (nSPS) is 20.3. The third-order valence-corrected chi connectivity index (χ3v) is 7.74. The summed E-state index contributed by atoms with van der Waals surface area (Å²) in [4.78, 5) is 5.02. The third-order valence-electron chi connectivity index (χ3n) is 7.48. The van der Waals surface area contributed by atoms with Crippen molar-refractivity contribution in [3.05, 3.63) is 64.4 Å². The zero-order valence-electron chi connectivity index (χ0n) is 19.9. The predicted molar refractivity (Wildman–Crippen MR) is 133 cm³/mol. The molecule has 0 bridgehead atoms. The van der Waals surface area contributed by atoms with Gasteiger partial charge in [-0.1, -0.05) is 49.1 Å². The van der Waals surface area contributed by atoms with Gasteiger partial charge in [0.2, 0.25) is 6.79 Å². The molecule has 0 radical (unpaired) electrons. The van der Waals surface area contributed by atoms with E-state index in [0.717, 1.165) is 67.9 Å². The molecule has 0 amide bonds. The number of halogens is 1. The van der Waals surface area contributed by atoms with Gasteiger partial charge in [-0.25, -0.2) is 4.68 Å². The Bertz CT molecular complexity index is 1140. The van der Waals surface area contributed by atoms with Crippen LogP contribution in [0.25, 0.3) is 0 Å². The van der Waals surface area contributed by atoms with E-state index in [9.17, 15) is 0 Å². The van der Waals surface area contributed by atoms with E-state index in [1.165, 1.54) is 30.4 Å². The van der Waals surface area contributed by atoms with Crippen LogP contribution in [0.1, 0.15) is 61.1 Å². The van der Waals surface area contributed by atoms with Crippen LogP contribution >= 0.6 is 11.6 Å². The number of hydrogen-bond donors (Lipinski definition) is 0. The lowest BCUT2D eigenvalue weighted by molar-refractivity contribution is 0.0986. The van der Waals surface area contributed by atoms with Crippen molar-refractivity contribution in [1.29, 1.82) is 0 Å². The first-order chi connectivity index (χ1) is 17.2. The van der Waals surface area contributed by atoms with Gasteiger partial charge >= 0.3 is 0 Å². The van der Waals surface area contributed by atoms with Crippen LogP contribution in [0.4, 0.5) is 0 Å². The maximum Gasteiger partial charge on any atom is 0.231 e. The zero-order valence-corrected chi connectivity index (χ0v) is 20.6. The predicted octanol–water partition coefficient (Wildman–Crippen LogP) is 4.47. The molecule has 0 N–H and O–H groups in total. The molecular weight excluding hydrogens is 464 g/mol. The summed E-state index contributed by atoms with van der Waals surface area (Å²) < 4.78 is 13.1. The molecule has 184 valence electrons. The SMILES string of the molecule is Clc1ccc([C@@H](c2nnnn2C2CCCCC2)N2CCN(Cc3ccc4c(c3)OCO4)CC2)cc1. The van der Waals surface area contributed by atoms with Crippen LogP contribution in [0.3, 0.4) is 0 Å². The highest BCUT2D eigenvalue weighted by molar-refractivity contribution is 6.30. The van der Waals surface area contributed by atoms with E-state index >= 15 is 0 Å². The van der Waals surface area contributed by atoms with Crippen molar-refractivity contribution in [3.8, 4) is 11.5 Å². The number of fused-ring (bicyclic) bond motifs is 1. The van der Waals surface area contributed by atoms with E-state index in [0.29, 0.717) is 12.8 Å². The second kappa shape index (κ2) is 10.1. The molecule has 1 saturated heterocycles. The van der Waals surface area contributed by atoms with Gasteiger partial charge in [0.05, 0.1) is 12.1 Å². The molecule has 0 spiro atoms. The second-order valence-corrected chi connectivity index (χ2v) is 10.2. The Morgan fingerprint density at radius 1 is 0.914 bits per heavy atom. The van der Waals surface area contributed by atoms with Gasteiger partial charge in [-0.2, -0.15) is 0 Å². The van der Waals surface area contributed by atoms with E-state index in [1.807, 2.05) is 18.2 Å². The molecule has 2 aliphatic heterocycles. The molecule has 3 aromatic rings. The molecular formula is C26H31ClN6O2. The quantitative estimate of drug-likeness (QED) is 0.500. The number of piperazine rings is 1. The Kier molecular flexibility index (Phi) is 6.59. The van der Waals surface area contributed by atoms with Crippen LogP contribution in [0.2, 0.25) is 5.02 Å². The van der Waals surface area contributed by atoms with E-state index in [-0.39, 0.29) is 6.04 Å². The molecule has 8 nitrogen and oxygen atoms in total. The smallest absolute Gasteiger partial charge is 0.231 e. The topological polar surface area (TPSA) is 68.5 Å². The summed E-state index contributed by atoms with van der Waals surface area (Å²) in [6.45, 7) is 5.04. The van der Waals surface area contributed by atoms with Gasteiger partial charge < -0.3 is 9.47 Å². The lowest BCUT2D eigenvalue weighted by atomic mass is 9.95. The number of aromatic nitrogens is 4. The number of ether oxygens (including phenoxy) is 2. The van der Waals surface area contributed by atoms with Gasteiger partial charge in [0, 0.05) is 37.7 Å². The first kappa shape index (κ1) is 22.8. The van der Waals surface area contributed by atoms with Crippen molar-refractivity contribution < 1.29 is 9.47 Å². The monoisotopic (exact) mass is 494 g/mol. The van der Waals surface area contributed by atoms with E-state index in [1.54, 1.807) is 0 Å². The lowest BCUT2D eigenvalue weighted by Gasteiger charge is -2.39. The molecule has 1 saturated carbocycles. The minimum Gasteiger partial charge on any atom is -0.454 e. The van der Waals surface area contributed by atoms with Crippen molar-refractivity contribution in [2.24, 2.45) is 0 Å². The summed E-state index contributed by atoms with van der Waals surface area (Å²) in [7, 11) is 0. The van der Waals surface area contributed by atoms with E-state index in [2.05, 4.69) is 54.3 Å². The number of tetrazole rings is 1. The number of benzene rings is 2. The summed E-state index contributed by atoms with van der Waals surface area (Å²) in [6.07, 6.45) is 6.09. The fourth-order valence-electron chi connectivity index (χ4n) is 5.61. The van der Waals surface area contributed by atoms with Crippen LogP contribution in [-0.4, -0.2) is 63.0 Å². The van der Waals surface area contributed by atoms with Crippen LogP contribution in [0.15, 0.2) is 42.5 Å². The highest BCUT2D eigenvalue weighted by atomic mass is 35.5. The molecule has 6 rings (SSSR count). The molecule has 3 aliphatic rings. The van der Waals surface area contributed by atoms with Crippen molar-refractivity contribution in [3.63, 3.8) is 0 Å². The average molecular weight is 495 g/mol. The lowest BCUT2D eigenvalue weighted by Crippen LogP contribution is -2.48. The molecule has 2 aromatic carbocycles. The van der Waals surface area contributed by atoms with Gasteiger partial charge in [-0.3, -0.25) is 9.80 Å². The Morgan fingerprint density at radius 2 is 1.69 bits per heavy atom. The largest absolute Gasteiger partial charge is 0.454 e. The third kappa shape index (κ3) is 4.87. The molecule has 9 heteroatoms. The summed E-state index contributed by atoms with van der Waals surface area (Å²) in [5.74, 6) is 2.63. The van der Waals surface area contributed by atoms with Crippen LogP contribution < -0.4 is 9.47 Å². The Labute approximate surface area is 210 Å². The van der Waals surface area contributed by atoms with Crippen molar-refractivity contribution in [2.75, 3.05) is 33.0 Å². The van der Waals surface area contributed by atoms with Gasteiger partial charge in [0.25, 0.3) is 0 Å². The van der Waals surface area contributed by atoms with E-state index < -0.39 is 0 Å². The molecule has 0 unspecified atom stereocenters. The van der Waals surface area contributed by atoms with Crippen LogP contribution in [0.5, 0.6) is 11.5 Å². The van der Waals surface area contributed by atoms with Crippen LogP contribution in [0, 0.1) is 0 Å². The maximum atomic E-state index is 6.23. The summed E-state index contributed by atoms with van der Waals surface area (Å²) in [5, 5.41) is 13.9. The van der Waals surface area contributed by atoms with Gasteiger partial charge in [-0.05, 0) is 58.7 Å². The fraction of sp³-hybridized carbons (Fsp3) is 0.500. The summed E-state index contributed by atoms with van der Waals surface area (Å²) in [5.41, 5.74) is 2.43. The summed E-state index contributed by atoms with van der Waals surface area (Å²) in [6, 6.07) is 14.8. The number of hydrogen-bond acceptors (Lipinski definition) is 7. The van der Waals surface area contributed by atoms with Crippen molar-refractivity contribution >= 4 is 11.6 Å². The second-order valence-electron chi connectivity index (χ2n) is 9.73. The molecule has 3 heterocycles. The molecule has 2 fully saturated rings. The first-order valence-electron chi connectivity index (χ1n) is 12.6. The van der Waals surface area contributed by atoms with Crippen LogP contribution in [-0.2, 0) is 6.54 Å². The Balaban J connectivity index is 1.20. The highest BCUT2D eigenvalue weighted by Crippen LogP contribution is 2.35. The molecule has 1 atom stereocenters. The zero-order chi connectivity index (χ0) is 23.6. The number of nitrogens with zero attached hydrogens (tertiary/aromatic N) is 6. The number of rotatable bonds is 6. The van der Waals surface area contributed by atoms with Gasteiger partial charge in [-0.15, -0.1) is 5.10 Å². The van der Waals surface area contributed by atoms with Gasteiger partial charge in [0.15, 0.2) is 17.3 Å². The standard InChI is InChI=1S/C26H31ClN6O2/c27-21-9-7-20(8-10-21)25(26-28-29-30-33(26)22-4-2-1-3-5-22)32-14-12-31(13-15-32)17-19-6-11-23-24(16-19)35-18-34-23/h6-11,16,22,25H,1-5,12-15,17-18H2/t25-/m0/s1. The first-order valence-corrected chi connectivity index (χ1v) is 13.0. The maximum absolute atomic E-state index is 6.23. The minimum absolute atomic E-state index is 0.0110. The Morgan fingerprint density at radius 3 is 2.49 bits per heavy atom. The molecule has 35 heavy (non-hydrogen) atoms. The van der Waals surface area contributed by atoms with Gasteiger partial charge in [0.1, 0.15) is 0 Å². The summed E-state index contributed by atoms with van der Waals surface area (Å²) >= 11 is 6.23. The average Bonchev–Trinajstić information content (AvgIpc) is 3.57. The fourth-order valence-corrected chi connectivity index (χ4v) is 5.74. The van der Waals surface area contributed by atoms with Crippen molar-refractivity contribution in [2.45, 2.75) is 50.7 Å². The Hall–Kier alpha value is -2.68. The highest BCUT2D eigenvalue weighted by Gasteiger charge is 2.32. The molecule has 1 aliphatic carbocycles. The minimum atomic E-state index is 0.0110. The van der Waals surface area contributed by atoms with E-state index in [4.69, 9.17) is 21.1 Å². The molecule has 1 aromatic heterocycles. The van der Waals surface area contributed by atoms with Crippen molar-refractivity contribution in [1.82, 2.24) is 30.0 Å².